The van der Waals surface area contributed by atoms with Gasteiger partial charge in [0.15, 0.2) is 0 Å². The van der Waals surface area contributed by atoms with Crippen molar-refractivity contribution in [2.75, 3.05) is 20.6 Å². The molecule has 0 saturated heterocycles. The van der Waals surface area contributed by atoms with Crippen LogP contribution in [0.5, 0.6) is 0 Å². The monoisotopic (exact) mass is 488 g/mol. The van der Waals surface area contributed by atoms with Crippen molar-refractivity contribution >= 4 is 22.1 Å². The van der Waals surface area contributed by atoms with E-state index in [0.717, 1.165) is 37.5 Å². The van der Waals surface area contributed by atoms with Crippen LogP contribution in [0.15, 0.2) is 58.3 Å². The van der Waals surface area contributed by atoms with E-state index in [1.807, 2.05) is 11.8 Å². The topological polar surface area (TPSA) is 69.6 Å². The summed E-state index contributed by atoms with van der Waals surface area (Å²) in [5.74, 6) is 1.59. The standard InChI is InChI=1S/C20H23NS.C6H13NO3S/c1-20(17-12-14(17)13-21(2)3)15-8-4-6-10-18(15)22-19-11-7-5-9-16(19)20;8-11(9,10)7-6-4-2-1-3-5-6/h4-11,14,17H,12-13H2,1-3H3;6-7H,1-5H2,(H,8,9,10). The van der Waals surface area contributed by atoms with Gasteiger partial charge in [0.1, 0.15) is 0 Å². The molecule has 0 amide bonds. The first-order valence-corrected chi connectivity index (χ1v) is 14.2. The Kier molecular flexibility index (Phi) is 7.56. The zero-order valence-electron chi connectivity index (χ0n) is 19.8. The number of hydrogen-bond donors (Lipinski definition) is 2. The lowest BCUT2D eigenvalue weighted by atomic mass is 9.71. The number of hydrogen-bond acceptors (Lipinski definition) is 4. The second-order valence-electron chi connectivity index (χ2n) is 10.1. The van der Waals surface area contributed by atoms with Crippen molar-refractivity contribution in [1.82, 2.24) is 9.62 Å². The molecule has 2 fully saturated rings. The van der Waals surface area contributed by atoms with Crippen LogP contribution in [-0.4, -0.2) is 44.6 Å². The van der Waals surface area contributed by atoms with Crippen molar-refractivity contribution < 1.29 is 13.0 Å². The van der Waals surface area contributed by atoms with E-state index in [4.69, 9.17) is 4.55 Å². The number of benzene rings is 2. The zero-order chi connectivity index (χ0) is 23.6. The normalized spacial score (nSPS) is 23.8. The average Bonchev–Trinajstić information content (AvgIpc) is 3.53. The van der Waals surface area contributed by atoms with Crippen LogP contribution in [0.25, 0.3) is 0 Å². The number of nitrogens with zero attached hydrogens (tertiary/aromatic N) is 1. The van der Waals surface area contributed by atoms with Gasteiger partial charge in [-0.2, -0.15) is 13.1 Å². The minimum Gasteiger partial charge on any atom is -0.309 e. The predicted molar refractivity (Wildman–Crippen MR) is 135 cm³/mol. The van der Waals surface area contributed by atoms with Gasteiger partial charge >= 0.3 is 10.3 Å². The van der Waals surface area contributed by atoms with E-state index in [2.05, 4.69) is 79.2 Å². The lowest BCUT2D eigenvalue weighted by molar-refractivity contribution is 0.351. The van der Waals surface area contributed by atoms with Gasteiger partial charge in [-0.25, -0.2) is 0 Å². The van der Waals surface area contributed by atoms with Gasteiger partial charge in [0, 0.05) is 27.8 Å². The minimum atomic E-state index is -3.97. The molecule has 2 aromatic rings. The smallest absolute Gasteiger partial charge is 0.309 e. The van der Waals surface area contributed by atoms with Crippen molar-refractivity contribution in [3.63, 3.8) is 0 Å². The summed E-state index contributed by atoms with van der Waals surface area (Å²) in [6, 6.07) is 18.0. The Morgan fingerprint density at radius 3 is 2.06 bits per heavy atom. The largest absolute Gasteiger partial charge is 0.333 e. The van der Waals surface area contributed by atoms with Gasteiger partial charge in [0.2, 0.25) is 0 Å². The summed E-state index contributed by atoms with van der Waals surface area (Å²) in [5.41, 5.74) is 3.23. The molecule has 2 aromatic carbocycles. The maximum absolute atomic E-state index is 10.3. The van der Waals surface area contributed by atoms with Gasteiger partial charge in [0.25, 0.3) is 0 Å². The molecule has 33 heavy (non-hydrogen) atoms. The molecule has 3 aliphatic rings. The molecule has 1 heterocycles. The summed E-state index contributed by atoms with van der Waals surface area (Å²) in [4.78, 5) is 5.22. The molecule has 2 N–H and O–H groups in total. The molecule has 2 saturated carbocycles. The Morgan fingerprint density at radius 1 is 1.00 bits per heavy atom. The first kappa shape index (κ1) is 24.7. The van der Waals surface area contributed by atoms with E-state index < -0.39 is 10.3 Å². The van der Waals surface area contributed by atoms with Gasteiger partial charge in [-0.15, -0.1) is 0 Å². The summed E-state index contributed by atoms with van der Waals surface area (Å²) in [7, 11) is 0.408. The summed E-state index contributed by atoms with van der Waals surface area (Å²) < 4.78 is 31.3. The highest BCUT2D eigenvalue weighted by Gasteiger charge is 2.54. The zero-order valence-corrected chi connectivity index (χ0v) is 21.5. The summed E-state index contributed by atoms with van der Waals surface area (Å²) in [5, 5.41) is 0. The summed E-state index contributed by atoms with van der Waals surface area (Å²) >= 11 is 1.93. The van der Waals surface area contributed by atoms with Crippen LogP contribution in [0.4, 0.5) is 0 Å². The summed E-state index contributed by atoms with van der Waals surface area (Å²) in [6.45, 7) is 3.68. The molecule has 2 atom stereocenters. The van der Waals surface area contributed by atoms with Crippen LogP contribution in [0, 0.1) is 11.8 Å². The molecule has 5 rings (SSSR count). The molecule has 0 bridgehead atoms. The molecule has 0 spiro atoms. The van der Waals surface area contributed by atoms with Gasteiger partial charge in [-0.3, -0.25) is 4.55 Å². The van der Waals surface area contributed by atoms with E-state index in [1.54, 1.807) is 0 Å². The minimum absolute atomic E-state index is 0.0428. The molecular formula is C26H36N2O3S2. The van der Waals surface area contributed by atoms with Crippen LogP contribution in [0.3, 0.4) is 0 Å². The lowest BCUT2D eigenvalue weighted by Gasteiger charge is -2.38. The Bertz CT molecular complexity index is 1020. The molecule has 0 radical (unpaired) electrons. The first-order valence-electron chi connectivity index (χ1n) is 11.9. The van der Waals surface area contributed by atoms with Crippen LogP contribution >= 0.6 is 11.8 Å². The molecule has 2 unspecified atom stereocenters. The molecule has 2 aliphatic carbocycles. The van der Waals surface area contributed by atoms with Crippen LogP contribution in [0.2, 0.25) is 0 Å². The average molecular weight is 489 g/mol. The van der Waals surface area contributed by atoms with Crippen molar-refractivity contribution in [2.45, 2.75) is 66.7 Å². The number of nitrogens with one attached hydrogen (secondary N) is 1. The molecule has 0 aromatic heterocycles. The Hall–Kier alpha value is -1.38. The fraction of sp³-hybridized carbons (Fsp3) is 0.538. The van der Waals surface area contributed by atoms with Crippen molar-refractivity contribution in [3.8, 4) is 0 Å². The fourth-order valence-corrected chi connectivity index (χ4v) is 7.66. The second kappa shape index (κ2) is 10.1. The van der Waals surface area contributed by atoms with Crippen molar-refractivity contribution in [1.29, 1.82) is 0 Å². The van der Waals surface area contributed by atoms with Crippen molar-refractivity contribution in [2.24, 2.45) is 11.8 Å². The quantitative estimate of drug-likeness (QED) is 0.554. The Labute approximate surface area is 203 Å². The van der Waals surface area contributed by atoms with Crippen LogP contribution < -0.4 is 4.72 Å². The highest BCUT2D eigenvalue weighted by atomic mass is 32.2. The van der Waals surface area contributed by atoms with E-state index in [1.165, 1.54) is 40.3 Å². The third-order valence-corrected chi connectivity index (χ3v) is 9.08. The SMILES string of the molecule is CN(C)CC1CC1C1(C)c2ccccc2Sc2ccccc21.O=S(=O)(O)NC1CCCCC1. The maximum atomic E-state index is 10.3. The highest BCUT2D eigenvalue weighted by molar-refractivity contribution is 7.99. The Balaban J connectivity index is 0.000000200. The Morgan fingerprint density at radius 2 is 1.55 bits per heavy atom. The molecular weight excluding hydrogens is 452 g/mol. The van der Waals surface area contributed by atoms with Crippen LogP contribution in [-0.2, 0) is 15.7 Å². The number of fused-ring (bicyclic) bond motifs is 2. The molecule has 180 valence electrons. The van der Waals surface area contributed by atoms with E-state index >= 15 is 0 Å². The third kappa shape index (κ3) is 5.82. The summed E-state index contributed by atoms with van der Waals surface area (Å²) in [6.07, 6.45) is 6.31. The van der Waals surface area contributed by atoms with Gasteiger partial charge < -0.3 is 4.90 Å². The molecule has 5 nitrogen and oxygen atoms in total. The van der Waals surface area contributed by atoms with E-state index in [0.29, 0.717) is 0 Å². The van der Waals surface area contributed by atoms with E-state index in [-0.39, 0.29) is 11.5 Å². The molecule has 1 aliphatic heterocycles. The predicted octanol–water partition coefficient (Wildman–Crippen LogP) is 5.37. The number of rotatable bonds is 5. The maximum Gasteiger partial charge on any atom is 0.333 e. The van der Waals surface area contributed by atoms with Crippen molar-refractivity contribution in [3.05, 3.63) is 59.7 Å². The fourth-order valence-electron chi connectivity index (χ4n) is 5.69. The third-order valence-electron chi connectivity index (χ3n) is 7.30. The first-order chi connectivity index (χ1) is 15.7. The molecule has 7 heteroatoms. The van der Waals surface area contributed by atoms with Crippen LogP contribution in [0.1, 0.15) is 56.6 Å². The highest BCUT2D eigenvalue weighted by Crippen LogP contribution is 2.61. The van der Waals surface area contributed by atoms with Gasteiger partial charge in [-0.05, 0) is 68.5 Å². The second-order valence-corrected chi connectivity index (χ2v) is 12.4. The van der Waals surface area contributed by atoms with Gasteiger partial charge in [0.05, 0.1) is 0 Å². The van der Waals surface area contributed by atoms with Gasteiger partial charge in [-0.1, -0.05) is 74.3 Å². The lowest BCUT2D eigenvalue weighted by Crippen LogP contribution is -2.35. The van der Waals surface area contributed by atoms with E-state index in [9.17, 15) is 8.42 Å².